The third kappa shape index (κ3) is 3.37. The summed E-state index contributed by atoms with van der Waals surface area (Å²) in [7, 11) is 0. The molecule has 1 amide bonds. The summed E-state index contributed by atoms with van der Waals surface area (Å²) in [6, 6.07) is 3.64. The molecule has 0 aromatic carbocycles. The van der Waals surface area contributed by atoms with E-state index in [1.165, 1.54) is 5.48 Å². The average Bonchev–Trinajstić information content (AvgIpc) is 2.84. The fourth-order valence-electron chi connectivity index (χ4n) is 2.14. The Balaban J connectivity index is 2.44. The van der Waals surface area contributed by atoms with Crippen LogP contribution in [-0.2, 0) is 16.0 Å². The van der Waals surface area contributed by atoms with Crippen molar-refractivity contribution < 1.29 is 19.9 Å². The molecule has 2 aromatic rings. The highest BCUT2D eigenvalue weighted by Crippen LogP contribution is 2.25. The second-order valence-corrected chi connectivity index (χ2v) is 5.50. The Labute approximate surface area is 134 Å². The number of hydrogen-bond acceptors (Lipinski definition) is 5. The lowest BCUT2D eigenvalue weighted by molar-refractivity contribution is -0.137. The number of aromatic nitrogens is 2. The smallest absolute Gasteiger partial charge is 0.303 e. The number of carboxylic acids is 1. The van der Waals surface area contributed by atoms with Gasteiger partial charge in [0.15, 0.2) is 0 Å². The van der Waals surface area contributed by atoms with Crippen LogP contribution in [0, 0.1) is 6.92 Å². The van der Waals surface area contributed by atoms with E-state index in [1.54, 1.807) is 6.07 Å². The van der Waals surface area contributed by atoms with Gasteiger partial charge in [-0.05, 0) is 35.0 Å². The van der Waals surface area contributed by atoms with Crippen LogP contribution in [0.25, 0.3) is 5.65 Å². The monoisotopic (exact) mass is 370 g/mol. The number of aliphatic carboxylic acids is 1. The van der Waals surface area contributed by atoms with Crippen molar-refractivity contribution in [3.63, 3.8) is 0 Å². The number of carbonyl (C=O) groups is 2. The minimum Gasteiger partial charge on any atom is -0.481 e. The first kappa shape index (κ1) is 16.2. The number of hydroxylamine groups is 1. The second kappa shape index (κ2) is 6.75. The Morgan fingerprint density at radius 1 is 1.41 bits per heavy atom. The van der Waals surface area contributed by atoms with Crippen molar-refractivity contribution in [2.24, 2.45) is 0 Å². The molecule has 0 spiro atoms. The molecule has 22 heavy (non-hydrogen) atoms. The molecule has 0 aliphatic carbocycles. The molecule has 8 nitrogen and oxygen atoms in total. The number of rotatable bonds is 6. The van der Waals surface area contributed by atoms with E-state index in [1.807, 2.05) is 17.4 Å². The molecule has 0 radical (unpaired) electrons. The predicted molar refractivity (Wildman–Crippen MR) is 82.0 cm³/mol. The van der Waals surface area contributed by atoms with E-state index in [0.29, 0.717) is 17.2 Å². The Kier molecular flexibility index (Phi) is 4.99. The van der Waals surface area contributed by atoms with Crippen molar-refractivity contribution in [1.29, 1.82) is 0 Å². The van der Waals surface area contributed by atoms with E-state index in [2.05, 4.69) is 26.2 Å². The van der Waals surface area contributed by atoms with Crippen LogP contribution >= 0.6 is 15.9 Å². The Morgan fingerprint density at radius 2 is 2.14 bits per heavy atom. The van der Waals surface area contributed by atoms with Gasteiger partial charge in [0.1, 0.15) is 11.5 Å². The number of carbonyl (C=O) groups excluding carboxylic acids is 1. The summed E-state index contributed by atoms with van der Waals surface area (Å²) in [6.45, 7) is 1.72. The number of imidazole rings is 1. The summed E-state index contributed by atoms with van der Waals surface area (Å²) in [5.74, 6) is -1.10. The lowest BCUT2D eigenvalue weighted by Gasteiger charge is -2.08. The maximum absolute atomic E-state index is 11.1. The van der Waals surface area contributed by atoms with Gasteiger partial charge >= 0.3 is 5.97 Å². The van der Waals surface area contributed by atoms with Gasteiger partial charge < -0.3 is 10.4 Å². The topological polar surface area (TPSA) is 116 Å². The molecule has 0 fully saturated rings. The maximum atomic E-state index is 11.1. The first-order valence-electron chi connectivity index (χ1n) is 6.49. The van der Waals surface area contributed by atoms with Gasteiger partial charge in [-0.2, -0.15) is 0 Å². The molecule has 9 heteroatoms. The summed E-state index contributed by atoms with van der Waals surface area (Å²) in [5, 5.41) is 20.2. The van der Waals surface area contributed by atoms with E-state index in [4.69, 9.17) is 10.3 Å². The molecule has 0 unspecified atom stereocenters. The van der Waals surface area contributed by atoms with Crippen LogP contribution in [0.4, 0.5) is 5.82 Å². The van der Waals surface area contributed by atoms with Crippen molar-refractivity contribution in [3.8, 4) is 0 Å². The van der Waals surface area contributed by atoms with Gasteiger partial charge in [-0.15, -0.1) is 0 Å². The summed E-state index contributed by atoms with van der Waals surface area (Å²) in [6.07, 6.45) is 0.206. The fourth-order valence-corrected chi connectivity index (χ4v) is 2.44. The highest BCUT2D eigenvalue weighted by molar-refractivity contribution is 9.10. The minimum atomic E-state index is -0.915. The van der Waals surface area contributed by atoms with Crippen molar-refractivity contribution in [2.45, 2.75) is 19.8 Å². The summed E-state index contributed by atoms with van der Waals surface area (Å²) in [5.41, 5.74) is 3.72. The summed E-state index contributed by atoms with van der Waals surface area (Å²) < 4.78 is 2.71. The molecule has 2 aromatic heterocycles. The largest absolute Gasteiger partial charge is 0.481 e. The van der Waals surface area contributed by atoms with E-state index in [0.717, 1.165) is 10.2 Å². The van der Waals surface area contributed by atoms with Crippen molar-refractivity contribution in [2.75, 3.05) is 11.9 Å². The highest BCUT2D eigenvalue weighted by Gasteiger charge is 2.16. The zero-order valence-electron chi connectivity index (χ0n) is 11.8. The van der Waals surface area contributed by atoms with Crippen LogP contribution in [0.5, 0.6) is 0 Å². The molecule has 0 atom stereocenters. The number of carboxylic acid groups (broad SMARTS) is 1. The number of hydrogen-bond donors (Lipinski definition) is 4. The maximum Gasteiger partial charge on any atom is 0.303 e. The van der Waals surface area contributed by atoms with Crippen molar-refractivity contribution in [3.05, 3.63) is 28.0 Å². The van der Waals surface area contributed by atoms with Crippen LogP contribution in [0.3, 0.4) is 0 Å². The first-order valence-corrected chi connectivity index (χ1v) is 7.28. The zero-order valence-corrected chi connectivity index (χ0v) is 13.3. The number of halogens is 1. The van der Waals surface area contributed by atoms with Crippen LogP contribution in [0.15, 0.2) is 16.6 Å². The third-order valence-electron chi connectivity index (χ3n) is 3.18. The number of nitrogens with zero attached hydrogens (tertiary/aromatic N) is 2. The van der Waals surface area contributed by atoms with Gasteiger partial charge in [-0.3, -0.25) is 19.2 Å². The first-order chi connectivity index (χ1) is 10.4. The molecule has 0 aliphatic heterocycles. The highest BCUT2D eigenvalue weighted by atomic mass is 79.9. The number of aryl methyl sites for hydroxylation is 2. The number of pyridine rings is 1. The van der Waals surface area contributed by atoms with E-state index in [9.17, 15) is 9.59 Å². The zero-order chi connectivity index (χ0) is 16.3. The molecule has 2 rings (SSSR count). The fraction of sp³-hybridized carbons (Fsp3) is 0.308. The van der Waals surface area contributed by atoms with Gasteiger partial charge in [0.05, 0.1) is 18.7 Å². The Morgan fingerprint density at radius 3 is 2.77 bits per heavy atom. The second-order valence-electron chi connectivity index (χ2n) is 4.65. The molecule has 118 valence electrons. The quantitative estimate of drug-likeness (QED) is 0.450. The molecule has 0 saturated heterocycles. The number of amides is 1. The third-order valence-corrected chi connectivity index (χ3v) is 4.01. The number of fused-ring (bicyclic) bond motifs is 1. The molecule has 0 saturated carbocycles. The molecule has 4 N–H and O–H groups in total. The van der Waals surface area contributed by atoms with Crippen molar-refractivity contribution >= 4 is 39.3 Å². The molecule has 0 bridgehead atoms. The summed E-state index contributed by atoms with van der Waals surface area (Å²) >= 11 is 3.43. The molecule has 2 heterocycles. The van der Waals surface area contributed by atoms with Gasteiger partial charge in [0, 0.05) is 16.6 Å². The van der Waals surface area contributed by atoms with Crippen LogP contribution in [0.2, 0.25) is 0 Å². The van der Waals surface area contributed by atoms with Crippen LogP contribution < -0.4 is 10.8 Å². The van der Waals surface area contributed by atoms with Crippen molar-refractivity contribution in [1.82, 2.24) is 14.9 Å². The Hall–Kier alpha value is -2.13. The standard InChI is InChI=1S/C13H15BrN4O4/c1-7-8(14)2-4-10-16-13(15-6-11(19)17-22)9(18(7)10)3-5-12(20)21/h2,4,15,22H,3,5-6H2,1H3,(H,17,19)(H,20,21). The van der Waals surface area contributed by atoms with E-state index in [-0.39, 0.29) is 19.4 Å². The molecular weight excluding hydrogens is 356 g/mol. The van der Waals surface area contributed by atoms with Gasteiger partial charge in [-0.1, -0.05) is 0 Å². The predicted octanol–water partition coefficient (Wildman–Crippen LogP) is 1.34. The molecular formula is C13H15BrN4O4. The SMILES string of the molecule is Cc1c(Br)ccc2nc(NCC(=O)NO)c(CCC(=O)O)n12. The Bertz CT molecular complexity index is 728. The van der Waals surface area contributed by atoms with Gasteiger partial charge in [0.25, 0.3) is 5.91 Å². The lowest BCUT2D eigenvalue weighted by Crippen LogP contribution is -2.27. The average molecular weight is 371 g/mol. The van der Waals surface area contributed by atoms with Crippen LogP contribution in [-0.4, -0.2) is 38.1 Å². The van der Waals surface area contributed by atoms with E-state index >= 15 is 0 Å². The number of anilines is 1. The summed E-state index contributed by atoms with van der Waals surface area (Å²) in [4.78, 5) is 26.4. The van der Waals surface area contributed by atoms with E-state index < -0.39 is 11.9 Å². The molecule has 0 aliphatic rings. The van der Waals surface area contributed by atoms with Gasteiger partial charge in [0.2, 0.25) is 0 Å². The lowest BCUT2D eigenvalue weighted by atomic mass is 10.2. The number of nitrogens with one attached hydrogen (secondary N) is 2. The van der Waals surface area contributed by atoms with Crippen LogP contribution in [0.1, 0.15) is 17.8 Å². The van der Waals surface area contributed by atoms with Gasteiger partial charge in [-0.25, -0.2) is 10.5 Å². The minimum absolute atomic E-state index is 0.0549. The normalized spacial score (nSPS) is 10.7.